The van der Waals surface area contributed by atoms with Crippen molar-refractivity contribution in [1.82, 2.24) is 9.62 Å². The number of benzene rings is 1. The van der Waals surface area contributed by atoms with Crippen LogP contribution < -0.4 is 5.32 Å². The van der Waals surface area contributed by atoms with Crippen molar-refractivity contribution in [3.63, 3.8) is 0 Å². The monoisotopic (exact) mass is 276 g/mol. The van der Waals surface area contributed by atoms with Gasteiger partial charge in [0.25, 0.3) is 0 Å². The number of piperazine rings is 1. The molecule has 1 aliphatic rings. The molecule has 1 aromatic carbocycles. The molecule has 1 N–H and O–H groups in total. The van der Waals surface area contributed by atoms with Gasteiger partial charge in [-0.15, -0.1) is 12.4 Å². The molecule has 6 heteroatoms. The number of hydrogen-bond donors (Lipinski definition) is 1. The number of rotatable bonds is 2. The van der Waals surface area contributed by atoms with Gasteiger partial charge in [-0.3, -0.25) is 0 Å². The van der Waals surface area contributed by atoms with E-state index in [1.807, 2.05) is 13.0 Å². The smallest absolute Gasteiger partial charge is 0.243 e. The van der Waals surface area contributed by atoms with E-state index < -0.39 is 10.0 Å². The molecule has 1 heterocycles. The third-order valence-corrected chi connectivity index (χ3v) is 4.59. The molecule has 0 radical (unpaired) electrons. The van der Waals surface area contributed by atoms with Crippen molar-refractivity contribution in [2.45, 2.75) is 17.9 Å². The summed E-state index contributed by atoms with van der Waals surface area (Å²) in [5.74, 6) is 0. The summed E-state index contributed by atoms with van der Waals surface area (Å²) >= 11 is 0. The molecule has 0 aromatic heterocycles. The molecule has 0 unspecified atom stereocenters. The van der Waals surface area contributed by atoms with Crippen LogP contribution in [0.4, 0.5) is 0 Å². The largest absolute Gasteiger partial charge is 0.312 e. The molecule has 1 fully saturated rings. The maximum Gasteiger partial charge on any atom is 0.243 e. The van der Waals surface area contributed by atoms with Crippen molar-refractivity contribution in [2.75, 3.05) is 19.6 Å². The Hall–Kier alpha value is -0.620. The summed E-state index contributed by atoms with van der Waals surface area (Å²) in [5.41, 5.74) is 0. The van der Waals surface area contributed by atoms with Gasteiger partial charge < -0.3 is 5.32 Å². The Balaban J connectivity index is 0.00000144. The third kappa shape index (κ3) is 3.19. The van der Waals surface area contributed by atoms with Gasteiger partial charge >= 0.3 is 0 Å². The minimum atomic E-state index is -3.30. The van der Waals surface area contributed by atoms with Gasteiger partial charge in [0.2, 0.25) is 10.0 Å². The Morgan fingerprint density at radius 2 is 1.94 bits per heavy atom. The van der Waals surface area contributed by atoms with E-state index in [2.05, 4.69) is 5.32 Å². The Labute approximate surface area is 108 Å². The Kier molecular flexibility index (Phi) is 4.94. The summed E-state index contributed by atoms with van der Waals surface area (Å²) in [6, 6.07) is 8.81. The van der Waals surface area contributed by atoms with E-state index in [9.17, 15) is 8.42 Å². The highest BCUT2D eigenvalue weighted by Crippen LogP contribution is 2.16. The van der Waals surface area contributed by atoms with Gasteiger partial charge in [-0.05, 0) is 19.1 Å². The number of sulfonamides is 1. The number of nitrogens with zero attached hydrogens (tertiary/aromatic N) is 1. The SMILES string of the molecule is C[C@@H]1CN(S(=O)(=O)c2ccccc2)CCN1.Cl. The van der Waals surface area contributed by atoms with Gasteiger partial charge in [-0.2, -0.15) is 4.31 Å². The van der Waals surface area contributed by atoms with Crippen LogP contribution in [0.25, 0.3) is 0 Å². The summed E-state index contributed by atoms with van der Waals surface area (Å²) in [6.45, 7) is 3.79. The summed E-state index contributed by atoms with van der Waals surface area (Å²) < 4.78 is 26.0. The Morgan fingerprint density at radius 3 is 2.53 bits per heavy atom. The summed E-state index contributed by atoms with van der Waals surface area (Å²) in [4.78, 5) is 0.379. The molecule has 17 heavy (non-hydrogen) atoms. The van der Waals surface area contributed by atoms with Gasteiger partial charge in [0.1, 0.15) is 0 Å². The van der Waals surface area contributed by atoms with E-state index in [-0.39, 0.29) is 18.4 Å². The molecule has 0 aliphatic carbocycles. The topological polar surface area (TPSA) is 49.4 Å². The van der Waals surface area contributed by atoms with Gasteiger partial charge in [0.05, 0.1) is 4.90 Å². The molecular weight excluding hydrogens is 260 g/mol. The summed E-state index contributed by atoms with van der Waals surface area (Å²) in [6.07, 6.45) is 0. The van der Waals surface area contributed by atoms with Crippen molar-refractivity contribution in [1.29, 1.82) is 0 Å². The van der Waals surface area contributed by atoms with Gasteiger partial charge in [-0.25, -0.2) is 8.42 Å². The molecule has 0 saturated carbocycles. The first-order valence-electron chi connectivity index (χ1n) is 5.39. The fourth-order valence-corrected chi connectivity index (χ4v) is 3.41. The molecule has 4 nitrogen and oxygen atoms in total. The standard InChI is InChI=1S/C11H16N2O2S.ClH/c1-10-9-13(8-7-12-10)16(14,15)11-5-3-2-4-6-11;/h2-6,10,12H,7-9H2,1H3;1H/t10-;/m1./s1. The zero-order valence-electron chi connectivity index (χ0n) is 9.67. The molecule has 1 saturated heterocycles. The lowest BCUT2D eigenvalue weighted by Crippen LogP contribution is -2.51. The van der Waals surface area contributed by atoms with Crippen LogP contribution in [-0.4, -0.2) is 38.4 Å². The van der Waals surface area contributed by atoms with Crippen LogP contribution in [0, 0.1) is 0 Å². The maximum atomic E-state index is 12.2. The van der Waals surface area contributed by atoms with Crippen molar-refractivity contribution >= 4 is 22.4 Å². The molecule has 0 spiro atoms. The lowest BCUT2D eigenvalue weighted by atomic mass is 10.3. The van der Waals surface area contributed by atoms with E-state index in [1.165, 1.54) is 0 Å². The second-order valence-electron chi connectivity index (χ2n) is 4.03. The van der Waals surface area contributed by atoms with Crippen LogP contribution >= 0.6 is 12.4 Å². The highest BCUT2D eigenvalue weighted by molar-refractivity contribution is 7.89. The van der Waals surface area contributed by atoms with Gasteiger partial charge in [0, 0.05) is 25.7 Å². The first-order chi connectivity index (χ1) is 7.60. The van der Waals surface area contributed by atoms with Crippen LogP contribution in [0.15, 0.2) is 35.2 Å². The summed E-state index contributed by atoms with van der Waals surface area (Å²) in [7, 11) is -3.30. The quantitative estimate of drug-likeness (QED) is 0.880. The molecule has 1 aliphatic heterocycles. The maximum absolute atomic E-state index is 12.2. The molecule has 1 atom stereocenters. The minimum Gasteiger partial charge on any atom is -0.312 e. The molecule has 0 bridgehead atoms. The normalized spacial score (nSPS) is 21.8. The number of hydrogen-bond acceptors (Lipinski definition) is 3. The van der Waals surface area contributed by atoms with Crippen molar-refractivity contribution in [2.24, 2.45) is 0 Å². The van der Waals surface area contributed by atoms with Crippen LogP contribution in [0.3, 0.4) is 0 Å². The van der Waals surface area contributed by atoms with E-state index in [0.29, 0.717) is 24.5 Å². The molecule has 96 valence electrons. The highest BCUT2D eigenvalue weighted by Gasteiger charge is 2.27. The van der Waals surface area contributed by atoms with E-state index in [1.54, 1.807) is 28.6 Å². The Morgan fingerprint density at radius 1 is 1.29 bits per heavy atom. The lowest BCUT2D eigenvalue weighted by Gasteiger charge is -2.30. The average molecular weight is 277 g/mol. The third-order valence-electron chi connectivity index (χ3n) is 2.71. The minimum absolute atomic E-state index is 0. The first kappa shape index (κ1) is 14.4. The van der Waals surface area contributed by atoms with Crippen LogP contribution in [0.2, 0.25) is 0 Å². The fraction of sp³-hybridized carbons (Fsp3) is 0.455. The second-order valence-corrected chi connectivity index (χ2v) is 5.97. The molecular formula is C11H17ClN2O2S. The summed E-state index contributed by atoms with van der Waals surface area (Å²) in [5, 5.41) is 3.23. The number of nitrogens with one attached hydrogen (secondary N) is 1. The molecule has 1 aromatic rings. The van der Waals surface area contributed by atoms with Crippen LogP contribution in [0.5, 0.6) is 0 Å². The second kappa shape index (κ2) is 5.82. The predicted octanol–water partition coefficient (Wildman–Crippen LogP) is 1.09. The highest BCUT2D eigenvalue weighted by atomic mass is 35.5. The lowest BCUT2D eigenvalue weighted by molar-refractivity contribution is 0.310. The van der Waals surface area contributed by atoms with Gasteiger partial charge in [-0.1, -0.05) is 18.2 Å². The van der Waals surface area contributed by atoms with Crippen molar-refractivity contribution in [3.05, 3.63) is 30.3 Å². The van der Waals surface area contributed by atoms with E-state index in [0.717, 1.165) is 0 Å². The fourth-order valence-electron chi connectivity index (χ4n) is 1.86. The predicted molar refractivity (Wildman–Crippen MR) is 69.9 cm³/mol. The van der Waals surface area contributed by atoms with Crippen LogP contribution in [-0.2, 0) is 10.0 Å². The average Bonchev–Trinajstić information content (AvgIpc) is 2.30. The first-order valence-corrected chi connectivity index (χ1v) is 6.83. The van der Waals surface area contributed by atoms with Crippen molar-refractivity contribution in [3.8, 4) is 0 Å². The van der Waals surface area contributed by atoms with E-state index in [4.69, 9.17) is 0 Å². The zero-order chi connectivity index (χ0) is 11.6. The van der Waals surface area contributed by atoms with Crippen molar-refractivity contribution < 1.29 is 8.42 Å². The molecule has 0 amide bonds. The van der Waals surface area contributed by atoms with Crippen LogP contribution in [0.1, 0.15) is 6.92 Å². The number of halogens is 1. The zero-order valence-corrected chi connectivity index (χ0v) is 11.3. The molecule has 2 rings (SSSR count). The van der Waals surface area contributed by atoms with E-state index >= 15 is 0 Å². The Bertz CT molecular complexity index is 450. The van der Waals surface area contributed by atoms with Gasteiger partial charge in [0.15, 0.2) is 0 Å².